The van der Waals surface area contributed by atoms with Crippen LogP contribution in [0.25, 0.3) is 16.1 Å². The van der Waals surface area contributed by atoms with Crippen LogP contribution in [-0.2, 0) is 6.54 Å². The maximum Gasteiger partial charge on any atom is 0.265 e. The molecule has 3 nitrogen and oxygen atoms in total. The van der Waals surface area contributed by atoms with E-state index in [1.165, 1.54) is 11.3 Å². The van der Waals surface area contributed by atoms with Crippen LogP contribution in [0.1, 0.15) is 5.01 Å². The molecule has 0 aliphatic rings. The molecule has 0 aliphatic carbocycles. The van der Waals surface area contributed by atoms with Crippen LogP contribution >= 0.6 is 11.3 Å². The van der Waals surface area contributed by atoms with E-state index in [1.54, 1.807) is 7.11 Å². The van der Waals surface area contributed by atoms with Gasteiger partial charge in [0.15, 0.2) is 5.01 Å². The number of ether oxygens (including phenoxy) is 1. The lowest BCUT2D eigenvalue weighted by Crippen LogP contribution is -1.83. The van der Waals surface area contributed by atoms with Crippen molar-refractivity contribution in [1.82, 2.24) is 4.98 Å². The number of aromatic nitrogens is 1. The molecular formula is C12H10N2OS. The average molecular weight is 230 g/mol. The molecule has 2 aromatic rings. The van der Waals surface area contributed by atoms with Crippen molar-refractivity contribution in [3.8, 4) is 17.0 Å². The van der Waals surface area contributed by atoms with E-state index in [1.807, 2.05) is 29.6 Å². The van der Waals surface area contributed by atoms with Gasteiger partial charge in [-0.15, -0.1) is 11.3 Å². The molecule has 0 bridgehead atoms. The van der Waals surface area contributed by atoms with Crippen molar-refractivity contribution >= 4 is 11.3 Å². The normalized spacial score (nSPS) is 9.75. The Hall–Kier alpha value is -1.86. The molecule has 0 radical (unpaired) electrons. The Labute approximate surface area is 98.2 Å². The van der Waals surface area contributed by atoms with Crippen molar-refractivity contribution < 1.29 is 4.74 Å². The molecule has 0 atom stereocenters. The van der Waals surface area contributed by atoms with Crippen molar-refractivity contribution in [1.29, 1.82) is 0 Å². The van der Waals surface area contributed by atoms with Gasteiger partial charge in [0.25, 0.3) is 6.54 Å². The molecule has 1 aromatic heterocycles. The number of rotatable bonds is 3. The summed E-state index contributed by atoms with van der Waals surface area (Å²) in [5.41, 5.74) is 1.97. The van der Waals surface area contributed by atoms with Crippen LogP contribution in [0, 0.1) is 6.57 Å². The molecule has 80 valence electrons. The standard InChI is InChI=1S/C12H10N2OS/c1-13-7-12-14-11(8-16-12)9-3-5-10(15-2)6-4-9/h3-6,8H,7H2,2H3. The molecule has 0 N–H and O–H groups in total. The summed E-state index contributed by atoms with van der Waals surface area (Å²) in [5.74, 6) is 0.834. The summed E-state index contributed by atoms with van der Waals surface area (Å²) in [6.07, 6.45) is 0. The van der Waals surface area contributed by atoms with Crippen LogP contribution < -0.4 is 4.74 Å². The van der Waals surface area contributed by atoms with Crippen molar-refractivity contribution in [2.24, 2.45) is 0 Å². The number of hydrogen-bond donors (Lipinski definition) is 0. The van der Waals surface area contributed by atoms with Gasteiger partial charge in [0.1, 0.15) is 5.75 Å². The highest BCUT2D eigenvalue weighted by molar-refractivity contribution is 7.09. The minimum absolute atomic E-state index is 0.362. The zero-order valence-electron chi connectivity index (χ0n) is 8.80. The largest absolute Gasteiger partial charge is 0.497 e. The van der Waals surface area contributed by atoms with Gasteiger partial charge in [0.2, 0.25) is 0 Å². The van der Waals surface area contributed by atoms with E-state index in [-0.39, 0.29) is 0 Å². The van der Waals surface area contributed by atoms with Gasteiger partial charge in [0.05, 0.1) is 12.8 Å². The van der Waals surface area contributed by atoms with E-state index in [9.17, 15) is 0 Å². The van der Waals surface area contributed by atoms with Gasteiger partial charge in [-0.3, -0.25) is 0 Å². The predicted octanol–water partition coefficient (Wildman–Crippen LogP) is 3.24. The fraction of sp³-hybridized carbons (Fsp3) is 0.167. The van der Waals surface area contributed by atoms with Crippen LogP contribution in [-0.4, -0.2) is 12.1 Å². The lowest BCUT2D eigenvalue weighted by molar-refractivity contribution is 0.415. The van der Waals surface area contributed by atoms with E-state index < -0.39 is 0 Å². The van der Waals surface area contributed by atoms with Gasteiger partial charge in [-0.25, -0.2) is 11.6 Å². The summed E-state index contributed by atoms with van der Waals surface area (Å²) in [6, 6.07) is 7.75. The Balaban J connectivity index is 2.25. The molecule has 4 heteroatoms. The lowest BCUT2D eigenvalue weighted by Gasteiger charge is -2.00. The van der Waals surface area contributed by atoms with E-state index in [0.717, 1.165) is 22.0 Å². The van der Waals surface area contributed by atoms with Crippen molar-refractivity contribution in [3.05, 3.63) is 46.1 Å². The molecule has 0 aliphatic heterocycles. The lowest BCUT2D eigenvalue weighted by atomic mass is 10.2. The summed E-state index contributed by atoms with van der Waals surface area (Å²) in [6.45, 7) is 7.14. The summed E-state index contributed by atoms with van der Waals surface area (Å²) >= 11 is 1.52. The Morgan fingerprint density at radius 3 is 2.75 bits per heavy atom. The Bertz CT molecular complexity index is 511. The van der Waals surface area contributed by atoms with Gasteiger partial charge in [-0.05, 0) is 24.3 Å². The SMILES string of the molecule is [C-]#[N+]Cc1nc(-c2ccc(OC)cc2)cs1. The monoisotopic (exact) mass is 230 g/mol. The molecule has 0 saturated heterocycles. The Morgan fingerprint density at radius 2 is 2.12 bits per heavy atom. The van der Waals surface area contributed by atoms with Crippen LogP contribution in [0.5, 0.6) is 5.75 Å². The third-order valence-electron chi connectivity index (χ3n) is 2.15. The number of nitrogens with zero attached hydrogens (tertiary/aromatic N) is 2. The van der Waals surface area contributed by atoms with Crippen LogP contribution in [0.15, 0.2) is 29.6 Å². The molecule has 0 spiro atoms. The molecule has 2 rings (SSSR count). The highest BCUT2D eigenvalue weighted by Crippen LogP contribution is 2.24. The predicted molar refractivity (Wildman–Crippen MR) is 64.4 cm³/mol. The minimum atomic E-state index is 0.362. The zero-order valence-corrected chi connectivity index (χ0v) is 9.62. The fourth-order valence-corrected chi connectivity index (χ4v) is 2.07. The zero-order chi connectivity index (χ0) is 11.4. The first-order valence-electron chi connectivity index (χ1n) is 4.75. The first-order valence-corrected chi connectivity index (χ1v) is 5.63. The maximum atomic E-state index is 6.78. The van der Waals surface area contributed by atoms with E-state index in [4.69, 9.17) is 11.3 Å². The molecule has 1 aromatic carbocycles. The second kappa shape index (κ2) is 4.77. The molecule has 0 fully saturated rings. The summed E-state index contributed by atoms with van der Waals surface area (Å²) in [7, 11) is 1.64. The van der Waals surface area contributed by atoms with Crippen LogP contribution in [0.2, 0.25) is 0 Å². The molecular weight excluding hydrogens is 220 g/mol. The number of hydrogen-bond acceptors (Lipinski definition) is 3. The van der Waals surface area contributed by atoms with Crippen molar-refractivity contribution in [3.63, 3.8) is 0 Å². The minimum Gasteiger partial charge on any atom is -0.497 e. The topological polar surface area (TPSA) is 26.5 Å². The first kappa shape index (κ1) is 10.7. The summed E-state index contributed by atoms with van der Waals surface area (Å²) in [4.78, 5) is 7.71. The van der Waals surface area contributed by atoms with Crippen molar-refractivity contribution in [2.45, 2.75) is 6.54 Å². The van der Waals surface area contributed by atoms with E-state index in [2.05, 4.69) is 9.83 Å². The first-order chi connectivity index (χ1) is 7.83. The maximum absolute atomic E-state index is 6.78. The van der Waals surface area contributed by atoms with E-state index >= 15 is 0 Å². The smallest absolute Gasteiger partial charge is 0.265 e. The molecule has 0 saturated carbocycles. The van der Waals surface area contributed by atoms with Gasteiger partial charge < -0.3 is 9.58 Å². The van der Waals surface area contributed by atoms with Gasteiger partial charge in [-0.1, -0.05) is 0 Å². The fourth-order valence-electron chi connectivity index (χ4n) is 1.35. The highest BCUT2D eigenvalue weighted by atomic mass is 32.1. The third-order valence-corrected chi connectivity index (χ3v) is 2.99. The van der Waals surface area contributed by atoms with Gasteiger partial charge in [-0.2, -0.15) is 0 Å². The van der Waals surface area contributed by atoms with Crippen LogP contribution in [0.3, 0.4) is 0 Å². The average Bonchev–Trinajstić information content (AvgIpc) is 2.78. The molecule has 1 heterocycles. The molecule has 0 unspecified atom stereocenters. The summed E-state index contributed by atoms with van der Waals surface area (Å²) in [5, 5.41) is 2.84. The highest BCUT2D eigenvalue weighted by Gasteiger charge is 2.05. The van der Waals surface area contributed by atoms with E-state index in [0.29, 0.717) is 6.54 Å². The number of benzene rings is 1. The number of thiazole rings is 1. The Kier molecular flexibility index (Phi) is 3.18. The molecule has 16 heavy (non-hydrogen) atoms. The van der Waals surface area contributed by atoms with Crippen LogP contribution in [0.4, 0.5) is 0 Å². The number of methoxy groups -OCH3 is 1. The summed E-state index contributed by atoms with van der Waals surface area (Å²) < 4.78 is 5.09. The van der Waals surface area contributed by atoms with Crippen molar-refractivity contribution in [2.75, 3.05) is 7.11 Å². The molecule has 0 amide bonds. The Morgan fingerprint density at radius 1 is 1.38 bits per heavy atom. The quantitative estimate of drug-likeness (QED) is 0.757. The second-order valence-corrected chi connectivity index (χ2v) is 4.11. The third kappa shape index (κ3) is 2.20. The van der Waals surface area contributed by atoms with Gasteiger partial charge >= 0.3 is 0 Å². The van der Waals surface area contributed by atoms with Gasteiger partial charge in [0, 0.05) is 10.9 Å². The second-order valence-electron chi connectivity index (χ2n) is 3.17.